The van der Waals surface area contributed by atoms with Crippen molar-refractivity contribution < 1.29 is 40.2 Å². The van der Waals surface area contributed by atoms with Crippen LogP contribution in [0.3, 0.4) is 0 Å². The van der Waals surface area contributed by atoms with Gasteiger partial charge in [-0.15, -0.1) is 0 Å². The van der Waals surface area contributed by atoms with E-state index in [2.05, 4.69) is 5.32 Å². The average molecular weight is 365 g/mol. The Morgan fingerprint density at radius 2 is 1.68 bits per heavy atom. The number of carbonyl (C=O) groups excluding carboxylic acids is 1. The molecule has 1 aliphatic rings. The molecule has 1 fully saturated rings. The first-order valence-electron chi connectivity index (χ1n) is 8.72. The zero-order valence-corrected chi connectivity index (χ0v) is 14.7. The zero-order valence-electron chi connectivity index (χ0n) is 14.7. The molecule has 1 heterocycles. The minimum Gasteiger partial charge on any atom is -0.394 e. The number of carbonyl (C=O) groups is 1. The van der Waals surface area contributed by atoms with Crippen LogP contribution >= 0.6 is 0 Å². The van der Waals surface area contributed by atoms with E-state index in [4.69, 9.17) is 4.74 Å². The zero-order chi connectivity index (χ0) is 19.1. The molecule has 0 saturated carbocycles. The highest BCUT2D eigenvalue weighted by molar-refractivity contribution is 5.75. The van der Waals surface area contributed by atoms with Crippen molar-refractivity contribution >= 4 is 5.91 Å². The number of rotatable bonds is 9. The summed E-state index contributed by atoms with van der Waals surface area (Å²) in [6, 6.07) is -0.755. The molecule has 9 nitrogen and oxygen atoms in total. The molecule has 1 amide bonds. The summed E-state index contributed by atoms with van der Waals surface area (Å²) in [7, 11) is 0. The van der Waals surface area contributed by atoms with E-state index in [1.165, 1.54) is 0 Å². The first kappa shape index (κ1) is 22.2. The van der Waals surface area contributed by atoms with Gasteiger partial charge in [0, 0.05) is 6.42 Å². The van der Waals surface area contributed by atoms with Gasteiger partial charge in [-0.25, -0.2) is 0 Å². The number of nitrogens with one attached hydrogen (secondary N) is 1. The van der Waals surface area contributed by atoms with Crippen molar-refractivity contribution in [3.05, 3.63) is 0 Å². The molecule has 5 unspecified atom stereocenters. The Kier molecular flexibility index (Phi) is 9.22. The molecular formula is C16H31NO8. The van der Waals surface area contributed by atoms with Crippen LogP contribution in [-0.4, -0.2) is 91.9 Å². The molecule has 7 N–H and O–H groups in total. The van der Waals surface area contributed by atoms with Crippen LogP contribution in [0.2, 0.25) is 0 Å². The lowest BCUT2D eigenvalue weighted by Gasteiger charge is -2.40. The quantitative estimate of drug-likeness (QED) is 0.239. The molecule has 0 spiro atoms. The third-order valence-electron chi connectivity index (χ3n) is 4.65. The molecule has 1 aliphatic heterocycles. The first-order valence-corrected chi connectivity index (χ1v) is 8.72. The molecule has 0 radical (unpaired) electrons. The van der Waals surface area contributed by atoms with Gasteiger partial charge in [-0.3, -0.25) is 4.79 Å². The Morgan fingerprint density at radius 3 is 2.20 bits per heavy atom. The third kappa shape index (κ3) is 5.85. The molecule has 1 rings (SSSR count). The van der Waals surface area contributed by atoms with Gasteiger partial charge in [-0.05, 0) is 19.3 Å². The first-order chi connectivity index (χ1) is 11.8. The van der Waals surface area contributed by atoms with Crippen molar-refractivity contribution in [2.24, 2.45) is 0 Å². The number of hydrogen-bond donors (Lipinski definition) is 7. The molecule has 0 aromatic rings. The van der Waals surface area contributed by atoms with Gasteiger partial charge in [0.2, 0.25) is 5.91 Å². The van der Waals surface area contributed by atoms with E-state index in [1.807, 2.05) is 0 Å². The van der Waals surface area contributed by atoms with E-state index in [9.17, 15) is 35.4 Å². The van der Waals surface area contributed by atoms with Gasteiger partial charge in [0.1, 0.15) is 24.4 Å². The maximum absolute atomic E-state index is 11.7. The van der Waals surface area contributed by atoms with Gasteiger partial charge >= 0.3 is 0 Å². The topological polar surface area (TPSA) is 160 Å². The molecule has 148 valence electrons. The fourth-order valence-electron chi connectivity index (χ4n) is 2.91. The van der Waals surface area contributed by atoms with Crippen molar-refractivity contribution in [3.8, 4) is 0 Å². The Bertz CT molecular complexity index is 408. The fraction of sp³-hybridized carbons (Fsp3) is 0.938. The Balaban J connectivity index is 2.75. The second-order valence-corrected chi connectivity index (χ2v) is 6.44. The largest absolute Gasteiger partial charge is 0.394 e. The number of aliphatic hydroxyl groups is 6. The summed E-state index contributed by atoms with van der Waals surface area (Å²) >= 11 is 0. The summed E-state index contributed by atoms with van der Waals surface area (Å²) in [5.74, 6) is -0.291. The van der Waals surface area contributed by atoms with Crippen LogP contribution in [0.1, 0.15) is 39.5 Å². The molecule has 1 saturated heterocycles. The van der Waals surface area contributed by atoms with E-state index in [0.29, 0.717) is 6.42 Å². The second kappa shape index (κ2) is 10.4. The smallest absolute Gasteiger partial charge is 0.220 e. The van der Waals surface area contributed by atoms with Crippen LogP contribution in [0.15, 0.2) is 0 Å². The maximum Gasteiger partial charge on any atom is 0.220 e. The minimum absolute atomic E-state index is 0.142. The fourth-order valence-corrected chi connectivity index (χ4v) is 2.91. The molecule has 0 aliphatic carbocycles. The molecule has 8 atom stereocenters. The summed E-state index contributed by atoms with van der Waals surface area (Å²) in [6.07, 6.45) is -7.52. The Hall–Kier alpha value is -0.810. The highest BCUT2D eigenvalue weighted by Crippen LogP contribution is 2.25. The van der Waals surface area contributed by atoms with Crippen molar-refractivity contribution in [2.45, 2.75) is 88.3 Å². The molecule has 9 heteroatoms. The van der Waals surface area contributed by atoms with Crippen LogP contribution < -0.4 is 5.32 Å². The SMILES string of the molecule is CCC(=O)N[C@@H](CCC1OC(CO)C(O)C(O)C1O)[C@@H](O)[C@H](O)CC. The normalized spacial score (nSPS) is 33.5. The minimum atomic E-state index is -1.47. The second-order valence-electron chi connectivity index (χ2n) is 6.44. The van der Waals surface area contributed by atoms with Crippen molar-refractivity contribution in [2.75, 3.05) is 6.61 Å². The number of hydrogen-bond acceptors (Lipinski definition) is 8. The van der Waals surface area contributed by atoms with E-state index in [-0.39, 0.29) is 25.2 Å². The van der Waals surface area contributed by atoms with Crippen LogP contribution in [-0.2, 0) is 9.53 Å². The van der Waals surface area contributed by atoms with Crippen LogP contribution in [0.5, 0.6) is 0 Å². The molecular weight excluding hydrogens is 334 g/mol. The highest BCUT2D eigenvalue weighted by Gasteiger charge is 2.43. The Morgan fingerprint density at radius 1 is 1.08 bits per heavy atom. The molecule has 0 aromatic carbocycles. The summed E-state index contributed by atoms with van der Waals surface area (Å²) < 4.78 is 5.41. The lowest BCUT2D eigenvalue weighted by atomic mass is 9.90. The van der Waals surface area contributed by atoms with Gasteiger partial charge in [0.05, 0.1) is 31.0 Å². The van der Waals surface area contributed by atoms with Crippen molar-refractivity contribution in [1.82, 2.24) is 5.32 Å². The van der Waals surface area contributed by atoms with Crippen molar-refractivity contribution in [1.29, 1.82) is 0 Å². The average Bonchev–Trinajstić information content (AvgIpc) is 2.62. The van der Waals surface area contributed by atoms with Gasteiger partial charge in [0.15, 0.2) is 0 Å². The third-order valence-corrected chi connectivity index (χ3v) is 4.65. The summed E-state index contributed by atoms with van der Waals surface area (Å²) in [6.45, 7) is 2.84. The van der Waals surface area contributed by atoms with Crippen molar-refractivity contribution in [3.63, 3.8) is 0 Å². The van der Waals surface area contributed by atoms with Gasteiger partial charge in [0.25, 0.3) is 0 Å². The summed E-state index contributed by atoms with van der Waals surface area (Å²) in [4.78, 5) is 11.7. The van der Waals surface area contributed by atoms with Gasteiger partial charge < -0.3 is 40.7 Å². The van der Waals surface area contributed by atoms with Gasteiger partial charge in [-0.1, -0.05) is 13.8 Å². The van der Waals surface area contributed by atoms with E-state index in [0.717, 1.165) is 0 Å². The summed E-state index contributed by atoms with van der Waals surface area (Å²) in [5, 5.41) is 61.5. The number of ether oxygens (including phenoxy) is 1. The predicted molar refractivity (Wildman–Crippen MR) is 87.5 cm³/mol. The van der Waals surface area contributed by atoms with Crippen LogP contribution in [0, 0.1) is 0 Å². The number of amides is 1. The highest BCUT2D eigenvalue weighted by atomic mass is 16.5. The molecule has 25 heavy (non-hydrogen) atoms. The monoisotopic (exact) mass is 365 g/mol. The standard InChI is InChI=1S/C16H31NO8/c1-3-9(19)13(21)8(17-12(20)4-2)5-6-10-14(22)16(24)15(23)11(7-18)25-10/h8-11,13-16,18-19,21-24H,3-7H2,1-2H3,(H,17,20)/t8-,9+,10?,11?,13+,14?,15?,16?/m0/s1. The van der Waals surface area contributed by atoms with E-state index >= 15 is 0 Å². The Labute approximate surface area is 147 Å². The van der Waals surface area contributed by atoms with E-state index in [1.54, 1.807) is 13.8 Å². The van der Waals surface area contributed by atoms with Gasteiger partial charge in [-0.2, -0.15) is 0 Å². The molecule has 0 aromatic heterocycles. The van der Waals surface area contributed by atoms with E-state index < -0.39 is 55.4 Å². The van der Waals surface area contributed by atoms with Crippen LogP contribution in [0.25, 0.3) is 0 Å². The maximum atomic E-state index is 11.7. The lowest BCUT2D eigenvalue weighted by Crippen LogP contribution is -2.59. The summed E-state index contributed by atoms with van der Waals surface area (Å²) in [5.41, 5.74) is 0. The lowest BCUT2D eigenvalue weighted by molar-refractivity contribution is -0.231. The predicted octanol–water partition coefficient (Wildman–Crippen LogP) is -2.36. The number of aliphatic hydroxyl groups excluding tert-OH is 6. The van der Waals surface area contributed by atoms with Crippen LogP contribution in [0.4, 0.5) is 0 Å². The molecule has 0 bridgehead atoms.